The predicted molar refractivity (Wildman–Crippen MR) is 84.0 cm³/mol. The SMILES string of the molecule is CC(NC(=O)c1cnccn1)C1(c2ccc(Br)cc2)CC1. The molecule has 0 radical (unpaired) electrons. The molecule has 1 aliphatic rings. The number of carbonyl (C=O) groups is 1. The topological polar surface area (TPSA) is 54.9 Å². The van der Waals surface area contributed by atoms with E-state index < -0.39 is 0 Å². The van der Waals surface area contributed by atoms with Crippen LogP contribution in [0, 0.1) is 0 Å². The van der Waals surface area contributed by atoms with Crippen LogP contribution in [0.3, 0.4) is 0 Å². The van der Waals surface area contributed by atoms with E-state index in [1.54, 1.807) is 6.20 Å². The first kappa shape index (κ1) is 14.2. The van der Waals surface area contributed by atoms with Gasteiger partial charge in [-0.15, -0.1) is 0 Å². The normalized spacial score (nSPS) is 17.0. The van der Waals surface area contributed by atoms with Gasteiger partial charge in [0.15, 0.2) is 0 Å². The number of carbonyl (C=O) groups excluding carboxylic acids is 1. The molecule has 21 heavy (non-hydrogen) atoms. The Balaban J connectivity index is 1.75. The lowest BCUT2D eigenvalue weighted by atomic mass is 9.89. The summed E-state index contributed by atoms with van der Waals surface area (Å²) in [5.41, 5.74) is 1.69. The minimum Gasteiger partial charge on any atom is -0.347 e. The van der Waals surface area contributed by atoms with Crippen molar-refractivity contribution in [3.05, 3.63) is 58.6 Å². The van der Waals surface area contributed by atoms with Gasteiger partial charge in [-0.1, -0.05) is 28.1 Å². The number of aromatic nitrogens is 2. The second-order valence-corrected chi connectivity index (χ2v) is 6.36. The Morgan fingerprint density at radius 2 is 2.00 bits per heavy atom. The van der Waals surface area contributed by atoms with E-state index in [2.05, 4.69) is 50.3 Å². The van der Waals surface area contributed by atoms with Crippen LogP contribution >= 0.6 is 15.9 Å². The Morgan fingerprint density at radius 3 is 2.57 bits per heavy atom. The second kappa shape index (κ2) is 5.56. The van der Waals surface area contributed by atoms with Crippen molar-refractivity contribution in [3.8, 4) is 0 Å². The van der Waals surface area contributed by atoms with Crippen LogP contribution in [0.25, 0.3) is 0 Å². The fourth-order valence-corrected chi connectivity index (χ4v) is 2.98. The summed E-state index contributed by atoms with van der Waals surface area (Å²) >= 11 is 3.46. The molecule has 0 spiro atoms. The molecule has 1 unspecified atom stereocenters. The standard InChI is InChI=1S/C16H16BrN3O/c1-11(20-15(21)14-10-18-8-9-19-14)16(6-7-16)12-2-4-13(17)5-3-12/h2-5,8-11H,6-7H2,1H3,(H,20,21). The minimum absolute atomic E-state index is 0.0541. The first-order valence-corrected chi connectivity index (χ1v) is 7.74. The van der Waals surface area contributed by atoms with Crippen LogP contribution in [-0.2, 0) is 5.41 Å². The summed E-state index contributed by atoms with van der Waals surface area (Å²) in [4.78, 5) is 20.2. The zero-order valence-corrected chi connectivity index (χ0v) is 13.3. The average molecular weight is 346 g/mol. The molecule has 1 aliphatic carbocycles. The van der Waals surface area contributed by atoms with Gasteiger partial charge in [-0.05, 0) is 37.5 Å². The highest BCUT2D eigenvalue weighted by atomic mass is 79.9. The van der Waals surface area contributed by atoms with E-state index in [1.807, 2.05) is 12.1 Å². The van der Waals surface area contributed by atoms with E-state index in [0.29, 0.717) is 5.69 Å². The van der Waals surface area contributed by atoms with Crippen LogP contribution in [0.5, 0.6) is 0 Å². The fourth-order valence-electron chi connectivity index (χ4n) is 2.71. The van der Waals surface area contributed by atoms with E-state index >= 15 is 0 Å². The molecule has 0 bridgehead atoms. The van der Waals surface area contributed by atoms with Crippen molar-refractivity contribution in [3.63, 3.8) is 0 Å². The number of benzene rings is 1. The van der Waals surface area contributed by atoms with Crippen LogP contribution < -0.4 is 5.32 Å². The molecule has 1 N–H and O–H groups in total. The quantitative estimate of drug-likeness (QED) is 0.926. The number of hydrogen-bond donors (Lipinski definition) is 1. The number of nitrogens with zero attached hydrogens (tertiary/aromatic N) is 2. The van der Waals surface area contributed by atoms with Gasteiger partial charge in [0.1, 0.15) is 5.69 Å². The zero-order chi connectivity index (χ0) is 14.9. The maximum atomic E-state index is 12.2. The molecule has 0 saturated heterocycles. The highest BCUT2D eigenvalue weighted by Crippen LogP contribution is 2.51. The molecule has 1 amide bonds. The molecule has 5 heteroatoms. The highest BCUT2D eigenvalue weighted by molar-refractivity contribution is 9.10. The predicted octanol–water partition coefficient (Wildman–Crippen LogP) is 3.09. The van der Waals surface area contributed by atoms with Gasteiger partial charge in [-0.3, -0.25) is 9.78 Å². The third-order valence-corrected chi connectivity index (χ3v) is 4.71. The molecular formula is C16H16BrN3O. The van der Waals surface area contributed by atoms with Gasteiger partial charge in [0.05, 0.1) is 6.20 Å². The smallest absolute Gasteiger partial charge is 0.271 e. The molecular weight excluding hydrogens is 330 g/mol. The Labute approximate surface area is 132 Å². The summed E-state index contributed by atoms with van der Waals surface area (Å²) in [5.74, 6) is -0.168. The maximum absolute atomic E-state index is 12.2. The van der Waals surface area contributed by atoms with Crippen molar-refractivity contribution in [2.45, 2.75) is 31.2 Å². The first-order valence-electron chi connectivity index (χ1n) is 6.95. The molecule has 1 aromatic heterocycles. The molecule has 2 aromatic rings. The fraction of sp³-hybridized carbons (Fsp3) is 0.312. The van der Waals surface area contributed by atoms with Crippen molar-refractivity contribution < 1.29 is 4.79 Å². The van der Waals surface area contributed by atoms with Crippen molar-refractivity contribution in [1.82, 2.24) is 15.3 Å². The van der Waals surface area contributed by atoms with Gasteiger partial charge in [-0.25, -0.2) is 4.98 Å². The molecule has 108 valence electrons. The average Bonchev–Trinajstić information content (AvgIpc) is 3.30. The third-order valence-electron chi connectivity index (χ3n) is 4.18. The van der Waals surface area contributed by atoms with Crippen LogP contribution in [0.4, 0.5) is 0 Å². The van der Waals surface area contributed by atoms with Gasteiger partial charge < -0.3 is 5.32 Å². The molecule has 1 heterocycles. The van der Waals surface area contributed by atoms with Crippen LogP contribution in [0.2, 0.25) is 0 Å². The molecule has 1 fully saturated rings. The van der Waals surface area contributed by atoms with Crippen LogP contribution in [-0.4, -0.2) is 21.9 Å². The number of amides is 1. The minimum atomic E-state index is -0.168. The van der Waals surface area contributed by atoms with E-state index in [-0.39, 0.29) is 17.4 Å². The van der Waals surface area contributed by atoms with Crippen LogP contribution in [0.1, 0.15) is 35.8 Å². The number of hydrogen-bond acceptors (Lipinski definition) is 3. The summed E-state index contributed by atoms with van der Waals surface area (Å²) in [6.45, 7) is 2.06. The van der Waals surface area contributed by atoms with Crippen molar-refractivity contribution >= 4 is 21.8 Å². The van der Waals surface area contributed by atoms with Gasteiger partial charge >= 0.3 is 0 Å². The summed E-state index contributed by atoms with van der Waals surface area (Å²) < 4.78 is 1.07. The van der Waals surface area contributed by atoms with Gasteiger partial charge in [0, 0.05) is 28.3 Å². The Kier molecular flexibility index (Phi) is 3.76. The molecule has 1 atom stereocenters. The summed E-state index contributed by atoms with van der Waals surface area (Å²) in [6.07, 6.45) is 6.76. The third kappa shape index (κ3) is 2.83. The Hall–Kier alpha value is -1.75. The Morgan fingerprint density at radius 1 is 1.29 bits per heavy atom. The Bertz CT molecular complexity index is 638. The lowest BCUT2D eigenvalue weighted by Gasteiger charge is -2.25. The van der Waals surface area contributed by atoms with Crippen molar-refractivity contribution in [2.75, 3.05) is 0 Å². The lowest BCUT2D eigenvalue weighted by molar-refractivity contribution is 0.0926. The molecule has 1 saturated carbocycles. The van der Waals surface area contributed by atoms with E-state index in [1.165, 1.54) is 18.0 Å². The number of nitrogens with one attached hydrogen (secondary N) is 1. The first-order chi connectivity index (χ1) is 10.1. The second-order valence-electron chi connectivity index (χ2n) is 5.45. The van der Waals surface area contributed by atoms with Gasteiger partial charge in [-0.2, -0.15) is 0 Å². The number of rotatable bonds is 4. The monoisotopic (exact) mass is 345 g/mol. The van der Waals surface area contributed by atoms with Gasteiger partial charge in [0.25, 0.3) is 5.91 Å². The summed E-state index contributed by atoms with van der Waals surface area (Å²) in [6, 6.07) is 8.41. The lowest BCUT2D eigenvalue weighted by Crippen LogP contribution is -2.41. The largest absolute Gasteiger partial charge is 0.347 e. The summed E-state index contributed by atoms with van der Waals surface area (Å²) in [5, 5.41) is 3.06. The maximum Gasteiger partial charge on any atom is 0.271 e. The molecule has 1 aromatic carbocycles. The molecule has 4 nitrogen and oxygen atoms in total. The molecule has 0 aliphatic heterocycles. The van der Waals surface area contributed by atoms with E-state index in [0.717, 1.165) is 17.3 Å². The zero-order valence-electron chi connectivity index (χ0n) is 11.7. The number of halogens is 1. The van der Waals surface area contributed by atoms with E-state index in [4.69, 9.17) is 0 Å². The van der Waals surface area contributed by atoms with Crippen LogP contribution in [0.15, 0.2) is 47.3 Å². The van der Waals surface area contributed by atoms with Crippen molar-refractivity contribution in [2.24, 2.45) is 0 Å². The highest BCUT2D eigenvalue weighted by Gasteiger charge is 2.49. The molecule has 3 rings (SSSR count). The summed E-state index contributed by atoms with van der Waals surface area (Å²) in [7, 11) is 0. The van der Waals surface area contributed by atoms with E-state index in [9.17, 15) is 4.79 Å². The van der Waals surface area contributed by atoms with Gasteiger partial charge in [0.2, 0.25) is 0 Å². The van der Waals surface area contributed by atoms with Crippen molar-refractivity contribution in [1.29, 1.82) is 0 Å².